The second-order valence-electron chi connectivity index (χ2n) is 3.88. The summed E-state index contributed by atoms with van der Waals surface area (Å²) in [4.78, 5) is 11.2. The maximum absolute atomic E-state index is 12.9. The second-order valence-corrected chi connectivity index (χ2v) is 4.69. The summed E-state index contributed by atoms with van der Waals surface area (Å²) in [6.07, 6.45) is 0. The molecular weight excluding hydrogens is 290 g/mol. The first kappa shape index (κ1) is 13.8. The predicted molar refractivity (Wildman–Crippen MR) is 72.9 cm³/mol. The summed E-state index contributed by atoms with van der Waals surface area (Å²) < 4.78 is 18.4. The van der Waals surface area contributed by atoms with Gasteiger partial charge in [-0.1, -0.05) is 23.2 Å². The molecule has 2 nitrogen and oxygen atoms in total. The van der Waals surface area contributed by atoms with Gasteiger partial charge in [0.15, 0.2) is 5.78 Å². The van der Waals surface area contributed by atoms with Crippen LogP contribution in [-0.4, -0.2) is 5.78 Å². The van der Waals surface area contributed by atoms with Crippen molar-refractivity contribution in [3.8, 4) is 11.5 Å². The van der Waals surface area contributed by atoms with Gasteiger partial charge in [-0.2, -0.15) is 0 Å². The molecule has 0 aromatic heterocycles. The first-order chi connectivity index (χ1) is 8.97. The lowest BCUT2D eigenvalue weighted by molar-refractivity contribution is 0.101. The van der Waals surface area contributed by atoms with Crippen molar-refractivity contribution in [3.63, 3.8) is 0 Å². The first-order valence-electron chi connectivity index (χ1n) is 5.41. The molecular formula is C14H9Cl2FO2. The highest BCUT2D eigenvalue weighted by Crippen LogP contribution is 2.34. The van der Waals surface area contributed by atoms with Crippen molar-refractivity contribution in [2.75, 3.05) is 0 Å². The molecule has 0 saturated carbocycles. The normalized spacial score (nSPS) is 10.3. The maximum Gasteiger partial charge on any atom is 0.159 e. The van der Waals surface area contributed by atoms with Crippen LogP contribution < -0.4 is 4.74 Å². The summed E-state index contributed by atoms with van der Waals surface area (Å²) in [6.45, 7) is 1.45. The average molecular weight is 299 g/mol. The van der Waals surface area contributed by atoms with Gasteiger partial charge in [0.05, 0.1) is 10.0 Å². The molecule has 2 aromatic rings. The van der Waals surface area contributed by atoms with Crippen LogP contribution in [0.4, 0.5) is 4.39 Å². The Morgan fingerprint density at radius 1 is 1.05 bits per heavy atom. The minimum Gasteiger partial charge on any atom is -0.454 e. The van der Waals surface area contributed by atoms with Crippen molar-refractivity contribution in [1.82, 2.24) is 0 Å². The molecule has 0 saturated heterocycles. The quantitative estimate of drug-likeness (QED) is 0.735. The molecule has 5 heteroatoms. The number of carbonyl (C=O) groups excluding carboxylic acids is 1. The largest absolute Gasteiger partial charge is 0.454 e. The van der Waals surface area contributed by atoms with Gasteiger partial charge < -0.3 is 4.74 Å². The lowest BCUT2D eigenvalue weighted by atomic mass is 10.1. The molecule has 19 heavy (non-hydrogen) atoms. The Balaban J connectivity index is 2.31. The minimum absolute atomic E-state index is 0.0896. The van der Waals surface area contributed by atoms with Gasteiger partial charge >= 0.3 is 0 Å². The van der Waals surface area contributed by atoms with E-state index in [4.69, 9.17) is 27.9 Å². The Hall–Kier alpha value is -1.58. The fraction of sp³-hybridized carbons (Fsp3) is 0.0714. The topological polar surface area (TPSA) is 26.3 Å². The van der Waals surface area contributed by atoms with Crippen LogP contribution in [0.3, 0.4) is 0 Å². The predicted octanol–water partition coefficient (Wildman–Crippen LogP) is 5.13. The van der Waals surface area contributed by atoms with E-state index in [1.54, 1.807) is 12.1 Å². The molecule has 0 amide bonds. The average Bonchev–Trinajstić information content (AvgIpc) is 2.34. The van der Waals surface area contributed by atoms with Gasteiger partial charge in [-0.05, 0) is 43.3 Å². The van der Waals surface area contributed by atoms with Crippen LogP contribution in [0.1, 0.15) is 17.3 Å². The van der Waals surface area contributed by atoms with Crippen molar-refractivity contribution >= 4 is 29.0 Å². The number of ketones is 1. The Labute approximate surface area is 119 Å². The van der Waals surface area contributed by atoms with Crippen molar-refractivity contribution < 1.29 is 13.9 Å². The van der Waals surface area contributed by atoms with E-state index in [1.807, 2.05) is 0 Å². The number of benzene rings is 2. The van der Waals surface area contributed by atoms with Crippen LogP contribution in [-0.2, 0) is 0 Å². The van der Waals surface area contributed by atoms with E-state index in [2.05, 4.69) is 0 Å². The van der Waals surface area contributed by atoms with Crippen LogP contribution in [0.25, 0.3) is 0 Å². The van der Waals surface area contributed by atoms with E-state index < -0.39 is 5.82 Å². The van der Waals surface area contributed by atoms with E-state index in [-0.39, 0.29) is 15.8 Å². The van der Waals surface area contributed by atoms with Crippen molar-refractivity contribution in [2.45, 2.75) is 6.92 Å². The molecule has 98 valence electrons. The van der Waals surface area contributed by atoms with Gasteiger partial charge in [0.2, 0.25) is 0 Å². The molecule has 0 N–H and O–H groups in total. The smallest absolute Gasteiger partial charge is 0.159 e. The number of rotatable bonds is 3. The number of carbonyl (C=O) groups is 1. The van der Waals surface area contributed by atoms with Crippen LogP contribution in [0.5, 0.6) is 11.5 Å². The number of ether oxygens (including phenoxy) is 1. The molecule has 0 heterocycles. The highest BCUT2D eigenvalue weighted by Gasteiger charge is 2.09. The van der Waals surface area contributed by atoms with Gasteiger partial charge in [0, 0.05) is 5.56 Å². The Bertz CT molecular complexity index is 641. The van der Waals surface area contributed by atoms with Gasteiger partial charge in [-0.3, -0.25) is 4.79 Å². The standard InChI is InChI=1S/C14H9Cl2FO2/c1-8(18)9-2-4-13(11(15)6-9)19-14-5-3-10(17)7-12(14)16/h2-7H,1H3. The third-order valence-electron chi connectivity index (χ3n) is 2.45. The van der Waals surface area contributed by atoms with Gasteiger partial charge in [0.25, 0.3) is 0 Å². The van der Waals surface area contributed by atoms with E-state index in [1.165, 1.54) is 25.1 Å². The van der Waals surface area contributed by atoms with Gasteiger partial charge in [0.1, 0.15) is 17.3 Å². The third-order valence-corrected chi connectivity index (χ3v) is 3.04. The molecule has 0 aliphatic rings. The molecule has 0 aliphatic carbocycles. The Kier molecular flexibility index (Phi) is 4.08. The summed E-state index contributed by atoms with van der Waals surface area (Å²) >= 11 is 11.9. The highest BCUT2D eigenvalue weighted by atomic mass is 35.5. The van der Waals surface area contributed by atoms with Crippen LogP contribution in [0.15, 0.2) is 36.4 Å². The number of hydrogen-bond donors (Lipinski definition) is 0. The maximum atomic E-state index is 12.9. The number of halogens is 3. The fourth-order valence-electron chi connectivity index (χ4n) is 1.48. The monoisotopic (exact) mass is 298 g/mol. The minimum atomic E-state index is -0.449. The van der Waals surface area contributed by atoms with Gasteiger partial charge in [-0.15, -0.1) is 0 Å². The lowest BCUT2D eigenvalue weighted by Crippen LogP contribution is -1.93. The third kappa shape index (κ3) is 3.25. The summed E-state index contributed by atoms with van der Waals surface area (Å²) in [5.74, 6) is 0.101. The highest BCUT2D eigenvalue weighted by molar-refractivity contribution is 6.33. The molecule has 0 bridgehead atoms. The first-order valence-corrected chi connectivity index (χ1v) is 6.16. The van der Waals surface area contributed by atoms with E-state index in [0.29, 0.717) is 17.1 Å². The molecule has 0 atom stereocenters. The van der Waals surface area contributed by atoms with E-state index in [9.17, 15) is 9.18 Å². The Morgan fingerprint density at radius 2 is 1.63 bits per heavy atom. The Morgan fingerprint density at radius 3 is 2.16 bits per heavy atom. The second kappa shape index (κ2) is 5.59. The number of Topliss-reactive ketones (excluding diaryl/α,β-unsaturated/α-hetero) is 1. The molecule has 0 radical (unpaired) electrons. The molecule has 0 spiro atoms. The molecule has 2 aromatic carbocycles. The van der Waals surface area contributed by atoms with Crippen molar-refractivity contribution in [2.24, 2.45) is 0 Å². The number of hydrogen-bond acceptors (Lipinski definition) is 2. The van der Waals surface area contributed by atoms with Gasteiger partial charge in [-0.25, -0.2) is 4.39 Å². The van der Waals surface area contributed by atoms with E-state index >= 15 is 0 Å². The zero-order valence-corrected chi connectivity index (χ0v) is 11.4. The van der Waals surface area contributed by atoms with Crippen molar-refractivity contribution in [1.29, 1.82) is 0 Å². The van der Waals surface area contributed by atoms with Crippen LogP contribution in [0, 0.1) is 5.82 Å². The van der Waals surface area contributed by atoms with E-state index in [0.717, 1.165) is 6.07 Å². The molecule has 2 rings (SSSR count). The fourth-order valence-corrected chi connectivity index (χ4v) is 1.90. The van der Waals surface area contributed by atoms with Crippen LogP contribution in [0.2, 0.25) is 10.0 Å². The SMILES string of the molecule is CC(=O)c1ccc(Oc2ccc(F)cc2Cl)c(Cl)c1. The molecule has 0 unspecified atom stereocenters. The summed E-state index contributed by atoms with van der Waals surface area (Å²) in [5.41, 5.74) is 0.488. The summed E-state index contributed by atoms with van der Waals surface area (Å²) in [6, 6.07) is 8.47. The summed E-state index contributed by atoms with van der Waals surface area (Å²) in [5, 5.41) is 0.430. The molecule has 0 fully saturated rings. The zero-order chi connectivity index (χ0) is 14.0. The van der Waals surface area contributed by atoms with Crippen molar-refractivity contribution in [3.05, 3.63) is 57.8 Å². The zero-order valence-electron chi connectivity index (χ0n) is 9.91. The lowest BCUT2D eigenvalue weighted by Gasteiger charge is -2.09. The summed E-state index contributed by atoms with van der Waals surface area (Å²) in [7, 11) is 0. The molecule has 0 aliphatic heterocycles. The van der Waals surface area contributed by atoms with Crippen LogP contribution >= 0.6 is 23.2 Å².